The molecule has 1 heterocycles. The van der Waals surface area contributed by atoms with E-state index in [1.54, 1.807) is 0 Å². The van der Waals surface area contributed by atoms with Gasteiger partial charge in [-0.05, 0) is 31.0 Å². The standard InChI is InChI=1S/C17H22N2O6/c1-24-16(22)11-7-12(17(23)25-2)9-13(8-11)18-15(21)10-19-5-3-14(20)4-6-19/h7-9,14,20H,3-6,10H2,1-2H3,(H,18,21). The van der Waals surface area contributed by atoms with Gasteiger partial charge in [0.25, 0.3) is 0 Å². The number of amides is 1. The summed E-state index contributed by atoms with van der Waals surface area (Å²) in [5.74, 6) is -1.51. The fourth-order valence-electron chi connectivity index (χ4n) is 2.65. The number of carbonyl (C=O) groups is 3. The molecule has 8 heteroatoms. The molecule has 1 aromatic carbocycles. The molecule has 1 aromatic rings. The Morgan fingerprint density at radius 2 is 1.60 bits per heavy atom. The lowest BCUT2D eigenvalue weighted by atomic mass is 10.1. The summed E-state index contributed by atoms with van der Waals surface area (Å²) < 4.78 is 9.32. The van der Waals surface area contributed by atoms with Crippen LogP contribution in [0.4, 0.5) is 5.69 Å². The number of piperidine rings is 1. The number of aliphatic hydroxyl groups is 1. The summed E-state index contributed by atoms with van der Waals surface area (Å²) in [4.78, 5) is 37.6. The largest absolute Gasteiger partial charge is 0.465 e. The van der Waals surface area contributed by atoms with Crippen LogP contribution < -0.4 is 5.32 Å². The summed E-state index contributed by atoms with van der Waals surface area (Å²) in [6, 6.07) is 4.23. The molecular weight excluding hydrogens is 328 g/mol. The Balaban J connectivity index is 2.10. The van der Waals surface area contributed by atoms with E-state index in [0.29, 0.717) is 31.6 Å². The summed E-state index contributed by atoms with van der Waals surface area (Å²) in [5, 5.41) is 12.2. The molecular formula is C17H22N2O6. The van der Waals surface area contributed by atoms with E-state index >= 15 is 0 Å². The number of likely N-dealkylation sites (tertiary alicyclic amines) is 1. The highest BCUT2D eigenvalue weighted by Gasteiger charge is 2.20. The van der Waals surface area contributed by atoms with Crippen LogP contribution in [0.5, 0.6) is 0 Å². The Bertz CT molecular complexity index is 618. The predicted octanol–water partition coefficient (Wildman–Crippen LogP) is 0.655. The quantitative estimate of drug-likeness (QED) is 0.751. The molecule has 0 spiro atoms. The summed E-state index contributed by atoms with van der Waals surface area (Å²) in [6.07, 6.45) is 0.966. The van der Waals surface area contributed by atoms with E-state index in [1.165, 1.54) is 32.4 Å². The molecule has 0 saturated carbocycles. The number of methoxy groups -OCH3 is 2. The number of carbonyl (C=O) groups excluding carboxylic acids is 3. The van der Waals surface area contributed by atoms with Crippen molar-refractivity contribution in [3.05, 3.63) is 29.3 Å². The molecule has 25 heavy (non-hydrogen) atoms. The first-order valence-electron chi connectivity index (χ1n) is 7.95. The third-order valence-corrected chi connectivity index (χ3v) is 3.98. The number of anilines is 1. The number of nitrogens with one attached hydrogen (secondary N) is 1. The highest BCUT2D eigenvalue weighted by molar-refractivity contribution is 5.99. The number of hydrogen-bond acceptors (Lipinski definition) is 7. The number of esters is 2. The summed E-state index contributed by atoms with van der Waals surface area (Å²) >= 11 is 0. The molecule has 8 nitrogen and oxygen atoms in total. The second-order valence-corrected chi connectivity index (χ2v) is 5.84. The van der Waals surface area contributed by atoms with Crippen molar-refractivity contribution in [1.82, 2.24) is 4.90 Å². The number of hydrogen-bond donors (Lipinski definition) is 2. The Hall–Kier alpha value is -2.45. The van der Waals surface area contributed by atoms with Crippen LogP contribution in [0.1, 0.15) is 33.6 Å². The molecule has 1 aliphatic heterocycles. The zero-order chi connectivity index (χ0) is 18.4. The summed E-state index contributed by atoms with van der Waals surface area (Å²) in [5.41, 5.74) is 0.592. The first-order valence-corrected chi connectivity index (χ1v) is 7.95. The lowest BCUT2D eigenvalue weighted by molar-refractivity contribution is -0.117. The third kappa shape index (κ3) is 5.27. The van der Waals surface area contributed by atoms with Gasteiger partial charge in [-0.2, -0.15) is 0 Å². The Morgan fingerprint density at radius 3 is 2.08 bits per heavy atom. The van der Waals surface area contributed by atoms with Crippen LogP contribution in [0.3, 0.4) is 0 Å². The maximum absolute atomic E-state index is 12.2. The number of ether oxygens (including phenoxy) is 2. The van der Waals surface area contributed by atoms with Gasteiger partial charge < -0.3 is 19.9 Å². The van der Waals surface area contributed by atoms with Gasteiger partial charge in [-0.3, -0.25) is 9.69 Å². The van der Waals surface area contributed by atoms with E-state index in [-0.39, 0.29) is 29.7 Å². The first-order chi connectivity index (χ1) is 11.9. The van der Waals surface area contributed by atoms with Gasteiger partial charge in [-0.15, -0.1) is 0 Å². The molecule has 0 unspecified atom stereocenters. The van der Waals surface area contributed by atoms with Crippen molar-refractivity contribution < 1.29 is 29.0 Å². The zero-order valence-electron chi connectivity index (χ0n) is 14.3. The average molecular weight is 350 g/mol. The minimum absolute atomic E-state index is 0.141. The number of nitrogens with zero attached hydrogens (tertiary/aromatic N) is 1. The molecule has 1 aliphatic rings. The number of rotatable bonds is 5. The van der Waals surface area contributed by atoms with Crippen LogP contribution in [0.2, 0.25) is 0 Å². The fourth-order valence-corrected chi connectivity index (χ4v) is 2.65. The second-order valence-electron chi connectivity index (χ2n) is 5.84. The van der Waals surface area contributed by atoms with E-state index in [1.807, 2.05) is 4.90 Å². The molecule has 0 bridgehead atoms. The Morgan fingerprint density at radius 1 is 1.08 bits per heavy atom. The van der Waals surface area contributed by atoms with Gasteiger partial charge in [-0.25, -0.2) is 9.59 Å². The van der Waals surface area contributed by atoms with Crippen molar-refractivity contribution in [1.29, 1.82) is 0 Å². The molecule has 0 atom stereocenters. The van der Waals surface area contributed by atoms with Crippen molar-refractivity contribution >= 4 is 23.5 Å². The highest BCUT2D eigenvalue weighted by atomic mass is 16.5. The van der Waals surface area contributed by atoms with Crippen molar-refractivity contribution in [3.8, 4) is 0 Å². The second kappa shape index (κ2) is 8.59. The van der Waals surface area contributed by atoms with Gasteiger partial charge in [0.05, 0.1) is 38.0 Å². The van der Waals surface area contributed by atoms with Crippen LogP contribution in [0.15, 0.2) is 18.2 Å². The minimum atomic E-state index is -0.619. The number of benzene rings is 1. The lowest BCUT2D eigenvalue weighted by Crippen LogP contribution is -2.40. The van der Waals surface area contributed by atoms with Gasteiger partial charge in [0, 0.05) is 18.8 Å². The Kier molecular flexibility index (Phi) is 6.49. The van der Waals surface area contributed by atoms with E-state index in [0.717, 1.165) is 0 Å². The van der Waals surface area contributed by atoms with Gasteiger partial charge in [0.1, 0.15) is 0 Å². The van der Waals surface area contributed by atoms with E-state index in [4.69, 9.17) is 0 Å². The molecule has 1 saturated heterocycles. The smallest absolute Gasteiger partial charge is 0.337 e. The molecule has 0 aliphatic carbocycles. The summed E-state index contributed by atoms with van der Waals surface area (Å²) in [7, 11) is 2.46. The topological polar surface area (TPSA) is 105 Å². The third-order valence-electron chi connectivity index (χ3n) is 3.98. The maximum atomic E-state index is 12.2. The van der Waals surface area contributed by atoms with Crippen LogP contribution in [0.25, 0.3) is 0 Å². The zero-order valence-corrected chi connectivity index (χ0v) is 14.3. The van der Waals surface area contributed by atoms with Gasteiger partial charge in [0.15, 0.2) is 0 Å². The van der Waals surface area contributed by atoms with Crippen molar-refractivity contribution in [2.75, 3.05) is 39.2 Å². The first kappa shape index (κ1) is 18.9. The molecule has 0 radical (unpaired) electrons. The number of aliphatic hydroxyl groups excluding tert-OH is 1. The monoisotopic (exact) mass is 350 g/mol. The van der Waals surface area contributed by atoms with Crippen molar-refractivity contribution in [2.45, 2.75) is 18.9 Å². The van der Waals surface area contributed by atoms with Gasteiger partial charge >= 0.3 is 11.9 Å². The van der Waals surface area contributed by atoms with Crippen molar-refractivity contribution in [3.63, 3.8) is 0 Å². The van der Waals surface area contributed by atoms with Crippen LogP contribution in [0, 0.1) is 0 Å². The Labute approximate surface area is 145 Å². The lowest BCUT2D eigenvalue weighted by Gasteiger charge is -2.28. The van der Waals surface area contributed by atoms with E-state index < -0.39 is 11.9 Å². The van der Waals surface area contributed by atoms with Crippen molar-refractivity contribution in [2.24, 2.45) is 0 Å². The van der Waals surface area contributed by atoms with Gasteiger partial charge in [0.2, 0.25) is 5.91 Å². The molecule has 0 aromatic heterocycles. The molecule has 2 N–H and O–H groups in total. The van der Waals surface area contributed by atoms with E-state index in [9.17, 15) is 19.5 Å². The summed E-state index contributed by atoms with van der Waals surface area (Å²) in [6.45, 7) is 1.46. The predicted molar refractivity (Wildman–Crippen MR) is 89.4 cm³/mol. The van der Waals surface area contributed by atoms with Crippen LogP contribution in [-0.2, 0) is 14.3 Å². The van der Waals surface area contributed by atoms with Crippen LogP contribution >= 0.6 is 0 Å². The molecule has 136 valence electrons. The normalized spacial score (nSPS) is 15.5. The fraction of sp³-hybridized carbons (Fsp3) is 0.471. The highest BCUT2D eigenvalue weighted by Crippen LogP contribution is 2.17. The van der Waals surface area contributed by atoms with E-state index in [2.05, 4.69) is 14.8 Å². The molecule has 2 rings (SSSR count). The molecule has 1 amide bonds. The maximum Gasteiger partial charge on any atom is 0.337 e. The van der Waals surface area contributed by atoms with Gasteiger partial charge in [-0.1, -0.05) is 0 Å². The van der Waals surface area contributed by atoms with Crippen LogP contribution in [-0.4, -0.2) is 67.8 Å². The average Bonchev–Trinajstić information content (AvgIpc) is 2.61. The SMILES string of the molecule is COC(=O)c1cc(NC(=O)CN2CCC(O)CC2)cc(C(=O)OC)c1. The molecule has 1 fully saturated rings. The minimum Gasteiger partial charge on any atom is -0.465 e.